The molecule has 8 heteroatoms. The first-order valence-electron chi connectivity index (χ1n) is 11.0. The van der Waals surface area contributed by atoms with Gasteiger partial charge in [-0.05, 0) is 36.8 Å². The quantitative estimate of drug-likeness (QED) is 0.457. The first-order chi connectivity index (χ1) is 14.6. The van der Waals surface area contributed by atoms with Crippen LogP contribution >= 0.6 is 0 Å². The Morgan fingerprint density at radius 2 is 1.74 bits per heavy atom. The Labute approximate surface area is 184 Å². The van der Waals surface area contributed by atoms with Crippen LogP contribution in [0.25, 0.3) is 0 Å². The van der Waals surface area contributed by atoms with Crippen LogP contribution in [-0.4, -0.2) is 58.5 Å². The van der Waals surface area contributed by atoms with Crippen molar-refractivity contribution in [3.05, 3.63) is 35.9 Å². The average molecular weight is 433 g/mol. The molecule has 0 radical (unpaired) electrons. The first kappa shape index (κ1) is 25.0. The van der Waals surface area contributed by atoms with E-state index in [9.17, 15) is 19.5 Å². The summed E-state index contributed by atoms with van der Waals surface area (Å²) in [7, 11) is 0. The average Bonchev–Trinajstić information content (AvgIpc) is 3.21. The zero-order chi connectivity index (χ0) is 23.1. The van der Waals surface area contributed by atoms with Gasteiger partial charge in [0.1, 0.15) is 6.10 Å². The zero-order valence-corrected chi connectivity index (χ0v) is 18.9. The Morgan fingerprint density at radius 3 is 2.32 bits per heavy atom. The Balaban J connectivity index is 2.06. The number of likely N-dealkylation sites (tertiary alicyclic amines) is 1. The Kier molecular flexibility index (Phi) is 9.15. The van der Waals surface area contributed by atoms with Gasteiger partial charge in [-0.25, -0.2) is 0 Å². The van der Waals surface area contributed by atoms with Gasteiger partial charge in [0, 0.05) is 12.6 Å². The normalized spacial score (nSPS) is 19.8. The number of benzene rings is 1. The molecule has 0 aromatic heterocycles. The summed E-state index contributed by atoms with van der Waals surface area (Å²) in [5.41, 5.74) is 6.78. The van der Waals surface area contributed by atoms with E-state index in [2.05, 4.69) is 10.6 Å². The maximum atomic E-state index is 12.8. The third-order valence-corrected chi connectivity index (χ3v) is 5.83. The molecule has 1 aromatic carbocycles. The van der Waals surface area contributed by atoms with Crippen LogP contribution in [0.4, 0.5) is 0 Å². The lowest BCUT2D eigenvalue weighted by Gasteiger charge is -2.37. The fourth-order valence-corrected chi connectivity index (χ4v) is 3.99. The zero-order valence-electron chi connectivity index (χ0n) is 18.9. The van der Waals surface area contributed by atoms with Crippen molar-refractivity contribution >= 4 is 17.7 Å². The molecular formula is C23H36N4O4. The highest BCUT2D eigenvalue weighted by Gasteiger charge is 2.42. The van der Waals surface area contributed by atoms with Gasteiger partial charge in [-0.1, -0.05) is 58.0 Å². The Morgan fingerprint density at radius 1 is 1.10 bits per heavy atom. The van der Waals surface area contributed by atoms with Crippen LogP contribution in [-0.2, 0) is 20.9 Å². The summed E-state index contributed by atoms with van der Waals surface area (Å²) >= 11 is 0. The maximum absolute atomic E-state index is 12.8. The van der Waals surface area contributed by atoms with Crippen LogP contribution in [0, 0.1) is 11.8 Å². The van der Waals surface area contributed by atoms with Crippen LogP contribution in [0.15, 0.2) is 30.3 Å². The lowest BCUT2D eigenvalue weighted by Crippen LogP contribution is -2.58. The van der Waals surface area contributed by atoms with E-state index in [1.54, 1.807) is 0 Å². The van der Waals surface area contributed by atoms with Crippen molar-refractivity contribution < 1.29 is 19.5 Å². The Bertz CT molecular complexity index is 753. The van der Waals surface area contributed by atoms with Crippen LogP contribution < -0.4 is 16.4 Å². The molecule has 2 rings (SSSR count). The number of nitrogens with zero attached hydrogens (tertiary/aromatic N) is 1. The minimum atomic E-state index is -1.30. The number of carbonyl (C=O) groups excluding carboxylic acids is 3. The number of amides is 3. The summed E-state index contributed by atoms with van der Waals surface area (Å²) in [6, 6.07) is 7.54. The highest BCUT2D eigenvalue weighted by atomic mass is 16.3. The van der Waals surface area contributed by atoms with E-state index in [0.717, 1.165) is 12.0 Å². The third-order valence-electron chi connectivity index (χ3n) is 5.83. The van der Waals surface area contributed by atoms with E-state index >= 15 is 0 Å². The predicted molar refractivity (Wildman–Crippen MR) is 119 cm³/mol. The minimum absolute atomic E-state index is 0.0838. The molecule has 0 aliphatic carbocycles. The number of rotatable bonds is 9. The fraction of sp³-hybridized carbons (Fsp3) is 0.609. The van der Waals surface area contributed by atoms with E-state index in [-0.39, 0.29) is 11.8 Å². The third kappa shape index (κ3) is 6.59. The van der Waals surface area contributed by atoms with E-state index in [1.807, 2.05) is 62.9 Å². The molecule has 0 saturated carbocycles. The summed E-state index contributed by atoms with van der Waals surface area (Å²) in [6.45, 7) is 8.32. The number of hydrogen-bond donors (Lipinski definition) is 4. The van der Waals surface area contributed by atoms with Gasteiger partial charge in [0.25, 0.3) is 5.91 Å². The van der Waals surface area contributed by atoms with Crippen LogP contribution in [0.1, 0.15) is 46.1 Å². The SMILES string of the molecule is CC(C)[C@@H](C(O)C(=O)NCc1ccccc1)N1CCC[C@H]1C(=O)NC(=O)[C@@H](N)C(C)C. The van der Waals surface area contributed by atoms with Crippen LogP contribution in [0.2, 0.25) is 0 Å². The molecular weight excluding hydrogens is 396 g/mol. The topological polar surface area (TPSA) is 125 Å². The van der Waals surface area contributed by atoms with E-state index in [4.69, 9.17) is 5.73 Å². The second-order valence-electron chi connectivity index (χ2n) is 8.90. The molecule has 1 aliphatic heterocycles. The van der Waals surface area contributed by atoms with Crippen molar-refractivity contribution in [1.82, 2.24) is 15.5 Å². The van der Waals surface area contributed by atoms with Crippen molar-refractivity contribution in [2.75, 3.05) is 6.54 Å². The molecule has 0 bridgehead atoms. The van der Waals surface area contributed by atoms with Crippen molar-refractivity contribution in [2.45, 2.75) is 71.3 Å². The van der Waals surface area contributed by atoms with Crippen molar-refractivity contribution in [1.29, 1.82) is 0 Å². The van der Waals surface area contributed by atoms with Crippen LogP contribution in [0.5, 0.6) is 0 Å². The number of nitrogens with one attached hydrogen (secondary N) is 2. The number of aliphatic hydroxyl groups excluding tert-OH is 1. The lowest BCUT2D eigenvalue weighted by molar-refractivity contribution is -0.140. The van der Waals surface area contributed by atoms with Crippen molar-refractivity contribution in [3.8, 4) is 0 Å². The highest BCUT2D eigenvalue weighted by molar-refractivity contribution is 6.00. The molecule has 1 aromatic rings. The molecule has 4 atom stereocenters. The van der Waals surface area contributed by atoms with Gasteiger partial charge in [0.15, 0.2) is 0 Å². The standard InChI is InChI=1S/C23H36N4O4/c1-14(2)18(24)22(30)26-21(29)17-11-8-12-27(17)19(15(3)4)20(28)23(31)25-13-16-9-6-5-7-10-16/h5-7,9-10,14-15,17-20,28H,8,11-13,24H2,1-4H3,(H,25,31)(H,26,29,30)/t17-,18-,19-,20?/m0/s1. The molecule has 31 heavy (non-hydrogen) atoms. The largest absolute Gasteiger partial charge is 0.382 e. The molecule has 8 nitrogen and oxygen atoms in total. The number of aliphatic hydroxyl groups is 1. The van der Waals surface area contributed by atoms with Gasteiger partial charge >= 0.3 is 0 Å². The molecule has 5 N–H and O–H groups in total. The summed E-state index contributed by atoms with van der Waals surface area (Å²) in [5.74, 6) is -1.59. The van der Waals surface area contributed by atoms with Gasteiger partial charge in [0.05, 0.1) is 12.1 Å². The monoisotopic (exact) mass is 432 g/mol. The number of imide groups is 1. The van der Waals surface area contributed by atoms with Crippen molar-refractivity contribution in [2.24, 2.45) is 17.6 Å². The molecule has 1 aliphatic rings. The first-order valence-corrected chi connectivity index (χ1v) is 11.0. The van der Waals surface area contributed by atoms with Crippen molar-refractivity contribution in [3.63, 3.8) is 0 Å². The second-order valence-corrected chi connectivity index (χ2v) is 8.90. The Hall–Kier alpha value is -2.29. The molecule has 1 fully saturated rings. The second kappa shape index (κ2) is 11.4. The summed E-state index contributed by atoms with van der Waals surface area (Å²) in [6.07, 6.45) is -0.00690. The summed E-state index contributed by atoms with van der Waals surface area (Å²) in [4.78, 5) is 39.6. The van der Waals surface area contributed by atoms with E-state index in [0.29, 0.717) is 19.5 Å². The minimum Gasteiger partial charge on any atom is -0.382 e. The van der Waals surface area contributed by atoms with Gasteiger partial charge in [-0.15, -0.1) is 0 Å². The maximum Gasteiger partial charge on any atom is 0.250 e. The van der Waals surface area contributed by atoms with Gasteiger partial charge in [0.2, 0.25) is 11.8 Å². The fourth-order valence-electron chi connectivity index (χ4n) is 3.99. The number of carbonyl (C=O) groups is 3. The van der Waals surface area contributed by atoms with Gasteiger partial charge < -0.3 is 16.2 Å². The lowest BCUT2D eigenvalue weighted by atomic mass is 9.95. The highest BCUT2D eigenvalue weighted by Crippen LogP contribution is 2.26. The summed E-state index contributed by atoms with van der Waals surface area (Å²) in [5, 5.41) is 16.0. The molecule has 1 saturated heterocycles. The van der Waals surface area contributed by atoms with Gasteiger partial charge in [-0.3, -0.25) is 24.6 Å². The predicted octanol–water partition coefficient (Wildman–Crippen LogP) is 0.779. The van der Waals surface area contributed by atoms with E-state index in [1.165, 1.54) is 0 Å². The smallest absolute Gasteiger partial charge is 0.250 e. The molecule has 0 spiro atoms. The number of nitrogens with two attached hydrogens (primary N) is 1. The molecule has 1 heterocycles. The summed E-state index contributed by atoms with van der Waals surface area (Å²) < 4.78 is 0. The molecule has 3 amide bonds. The van der Waals surface area contributed by atoms with Gasteiger partial charge in [-0.2, -0.15) is 0 Å². The number of hydrogen-bond acceptors (Lipinski definition) is 6. The van der Waals surface area contributed by atoms with Crippen LogP contribution in [0.3, 0.4) is 0 Å². The molecule has 172 valence electrons. The molecule has 1 unspecified atom stereocenters. The van der Waals surface area contributed by atoms with E-state index < -0.39 is 42.0 Å².